The molecule has 0 bridgehead atoms. The first-order chi connectivity index (χ1) is 12.6. The Morgan fingerprint density at radius 2 is 1.65 bits per heavy atom. The molecule has 0 aliphatic rings. The molecule has 146 valence electrons. The third kappa shape index (κ3) is 10.8. The molecular weight excluding hydrogens is 336 g/mol. The van der Waals surface area contributed by atoms with Gasteiger partial charge in [0.25, 0.3) is 0 Å². The second-order valence-electron chi connectivity index (χ2n) is 5.69. The highest BCUT2D eigenvalue weighted by Crippen LogP contribution is 2.01. The van der Waals surface area contributed by atoms with E-state index in [1.165, 1.54) is 0 Å². The first-order valence-electron chi connectivity index (χ1n) is 8.77. The number of amides is 2. The molecule has 8 nitrogen and oxygen atoms in total. The topological polar surface area (TPSA) is 115 Å². The van der Waals surface area contributed by atoms with Gasteiger partial charge in [0.2, 0.25) is 11.8 Å². The van der Waals surface area contributed by atoms with Crippen LogP contribution < -0.4 is 21.7 Å². The lowest BCUT2D eigenvalue weighted by Crippen LogP contribution is -2.46. The predicted octanol–water partition coefficient (Wildman–Crippen LogP) is -0.959. The van der Waals surface area contributed by atoms with Gasteiger partial charge in [-0.2, -0.15) is 0 Å². The highest BCUT2D eigenvalue weighted by atomic mass is 16.5. The number of rotatable bonds is 14. The van der Waals surface area contributed by atoms with Crippen LogP contribution in [0.4, 0.5) is 0 Å². The van der Waals surface area contributed by atoms with Gasteiger partial charge in [-0.3, -0.25) is 9.59 Å². The quantitative estimate of drug-likeness (QED) is 0.315. The molecule has 0 aromatic heterocycles. The summed E-state index contributed by atoms with van der Waals surface area (Å²) in [6.45, 7) is 3.10. The van der Waals surface area contributed by atoms with Gasteiger partial charge in [-0.15, -0.1) is 0 Å². The Hall–Kier alpha value is -2.00. The summed E-state index contributed by atoms with van der Waals surface area (Å²) in [7, 11) is 1.86. The number of nitrogens with one attached hydrogen (secondary N) is 3. The summed E-state index contributed by atoms with van der Waals surface area (Å²) in [6.07, 6.45) is 0.429. The summed E-state index contributed by atoms with van der Waals surface area (Å²) in [5.41, 5.74) is 6.83. The molecule has 26 heavy (non-hydrogen) atoms. The van der Waals surface area contributed by atoms with Crippen molar-refractivity contribution in [3.8, 4) is 0 Å². The molecule has 0 aliphatic heterocycles. The van der Waals surface area contributed by atoms with E-state index in [9.17, 15) is 9.59 Å². The number of benzene rings is 1. The van der Waals surface area contributed by atoms with Crippen LogP contribution in [0.25, 0.3) is 0 Å². The van der Waals surface area contributed by atoms with Gasteiger partial charge in [0.05, 0.1) is 39.0 Å². The minimum atomic E-state index is -0.684. The largest absolute Gasteiger partial charge is 0.378 e. The van der Waals surface area contributed by atoms with Crippen molar-refractivity contribution < 1.29 is 19.1 Å². The summed E-state index contributed by atoms with van der Waals surface area (Å²) < 4.78 is 10.6. The van der Waals surface area contributed by atoms with Crippen LogP contribution in [-0.4, -0.2) is 71.0 Å². The molecule has 0 fully saturated rings. The third-order valence-corrected chi connectivity index (χ3v) is 3.50. The normalized spacial score (nSPS) is 11.8. The van der Waals surface area contributed by atoms with E-state index in [4.69, 9.17) is 15.2 Å². The zero-order chi connectivity index (χ0) is 19.0. The molecule has 0 aliphatic carbocycles. The fraction of sp³-hybridized carbons (Fsp3) is 0.556. The smallest absolute Gasteiger partial charge is 0.239 e. The molecule has 0 saturated carbocycles. The van der Waals surface area contributed by atoms with Gasteiger partial charge in [0, 0.05) is 13.1 Å². The lowest BCUT2D eigenvalue weighted by Gasteiger charge is -2.12. The molecule has 0 unspecified atom stereocenters. The van der Waals surface area contributed by atoms with Gasteiger partial charge in [-0.1, -0.05) is 30.3 Å². The average molecular weight is 366 g/mol. The Labute approximate surface area is 154 Å². The van der Waals surface area contributed by atoms with Crippen molar-refractivity contribution in [3.63, 3.8) is 0 Å². The molecule has 2 amide bonds. The highest BCUT2D eigenvalue weighted by molar-refractivity contribution is 5.87. The van der Waals surface area contributed by atoms with E-state index in [1.807, 2.05) is 37.4 Å². The van der Waals surface area contributed by atoms with E-state index >= 15 is 0 Å². The predicted molar refractivity (Wildman–Crippen MR) is 99.7 cm³/mol. The standard InChI is InChI=1S/C18H30N4O4/c1-20-7-9-25-11-12-26-10-8-21-17(23)14-22-18(24)16(19)13-15-5-3-2-4-6-15/h2-6,16,20H,7-14,19H2,1H3,(H,21,23)(H,22,24)/t16-/m0/s1. The summed E-state index contributed by atoms with van der Waals surface area (Å²) in [4.78, 5) is 23.6. The fourth-order valence-corrected chi connectivity index (χ4v) is 2.08. The van der Waals surface area contributed by atoms with Crippen molar-refractivity contribution >= 4 is 11.8 Å². The second-order valence-corrected chi connectivity index (χ2v) is 5.69. The van der Waals surface area contributed by atoms with E-state index in [-0.39, 0.29) is 18.4 Å². The highest BCUT2D eigenvalue weighted by Gasteiger charge is 2.14. The maximum atomic E-state index is 11.9. The van der Waals surface area contributed by atoms with Crippen molar-refractivity contribution in [1.29, 1.82) is 0 Å². The number of carbonyl (C=O) groups excluding carboxylic acids is 2. The first-order valence-corrected chi connectivity index (χ1v) is 8.77. The molecule has 0 heterocycles. The van der Waals surface area contributed by atoms with Crippen LogP contribution in [0, 0.1) is 0 Å². The van der Waals surface area contributed by atoms with Gasteiger partial charge >= 0.3 is 0 Å². The van der Waals surface area contributed by atoms with Crippen molar-refractivity contribution in [2.24, 2.45) is 5.73 Å². The van der Waals surface area contributed by atoms with E-state index in [1.54, 1.807) is 0 Å². The molecule has 0 spiro atoms. The van der Waals surface area contributed by atoms with Crippen molar-refractivity contribution in [1.82, 2.24) is 16.0 Å². The SMILES string of the molecule is CNCCOCCOCCNC(=O)CNC(=O)[C@@H](N)Cc1ccccc1. The van der Waals surface area contributed by atoms with Crippen LogP contribution in [0.5, 0.6) is 0 Å². The molecule has 0 radical (unpaired) electrons. The van der Waals surface area contributed by atoms with Gasteiger partial charge in [0.1, 0.15) is 0 Å². The van der Waals surface area contributed by atoms with Gasteiger partial charge in [0.15, 0.2) is 0 Å². The van der Waals surface area contributed by atoms with Crippen LogP contribution in [-0.2, 0) is 25.5 Å². The molecule has 5 N–H and O–H groups in total. The molecular formula is C18H30N4O4. The Kier molecular flexibility index (Phi) is 12.0. The number of ether oxygens (including phenoxy) is 2. The third-order valence-electron chi connectivity index (χ3n) is 3.50. The molecule has 1 rings (SSSR count). The van der Waals surface area contributed by atoms with Gasteiger partial charge in [-0.05, 0) is 19.0 Å². The molecule has 8 heteroatoms. The lowest BCUT2D eigenvalue weighted by atomic mass is 10.1. The minimum absolute atomic E-state index is 0.103. The maximum absolute atomic E-state index is 11.9. The van der Waals surface area contributed by atoms with Crippen LogP contribution in [0.15, 0.2) is 30.3 Å². The van der Waals surface area contributed by atoms with Gasteiger partial charge < -0.3 is 31.2 Å². The number of hydrogen-bond acceptors (Lipinski definition) is 6. The van der Waals surface area contributed by atoms with Crippen molar-refractivity contribution in [2.45, 2.75) is 12.5 Å². The Balaban J connectivity index is 2.02. The summed E-state index contributed by atoms with van der Waals surface area (Å²) in [5, 5.41) is 8.19. The fourth-order valence-electron chi connectivity index (χ4n) is 2.08. The zero-order valence-electron chi connectivity index (χ0n) is 15.3. The molecule has 1 aromatic carbocycles. The Morgan fingerprint density at radius 3 is 2.31 bits per heavy atom. The van der Waals surface area contributed by atoms with E-state index in [2.05, 4.69) is 16.0 Å². The number of hydrogen-bond donors (Lipinski definition) is 4. The van der Waals surface area contributed by atoms with Crippen LogP contribution >= 0.6 is 0 Å². The van der Waals surface area contributed by atoms with Crippen LogP contribution in [0.1, 0.15) is 5.56 Å². The number of likely N-dealkylation sites (N-methyl/N-ethyl adjacent to an activating group) is 1. The molecule has 1 aromatic rings. The van der Waals surface area contributed by atoms with Crippen LogP contribution in [0.3, 0.4) is 0 Å². The summed E-state index contributed by atoms with van der Waals surface area (Å²) >= 11 is 0. The molecule has 0 saturated heterocycles. The number of carbonyl (C=O) groups is 2. The van der Waals surface area contributed by atoms with Gasteiger partial charge in [-0.25, -0.2) is 0 Å². The first kappa shape index (κ1) is 22.0. The van der Waals surface area contributed by atoms with E-state index in [0.29, 0.717) is 39.4 Å². The minimum Gasteiger partial charge on any atom is -0.378 e. The average Bonchev–Trinajstić information content (AvgIpc) is 2.65. The van der Waals surface area contributed by atoms with Crippen molar-refractivity contribution in [3.05, 3.63) is 35.9 Å². The lowest BCUT2D eigenvalue weighted by molar-refractivity contribution is -0.126. The maximum Gasteiger partial charge on any atom is 0.239 e. The van der Waals surface area contributed by atoms with E-state index in [0.717, 1.165) is 12.1 Å². The Morgan fingerprint density at radius 1 is 1.00 bits per heavy atom. The second kappa shape index (κ2) is 14.2. The van der Waals surface area contributed by atoms with Crippen molar-refractivity contribution in [2.75, 3.05) is 53.1 Å². The summed E-state index contributed by atoms with van der Waals surface area (Å²) in [5.74, 6) is -0.627. The number of nitrogens with two attached hydrogens (primary N) is 1. The summed E-state index contributed by atoms with van der Waals surface area (Å²) in [6, 6.07) is 8.82. The monoisotopic (exact) mass is 366 g/mol. The van der Waals surface area contributed by atoms with E-state index < -0.39 is 6.04 Å². The Bertz CT molecular complexity index is 513. The molecule has 1 atom stereocenters. The van der Waals surface area contributed by atoms with Crippen LogP contribution in [0.2, 0.25) is 0 Å². The zero-order valence-corrected chi connectivity index (χ0v) is 15.3.